The van der Waals surface area contributed by atoms with E-state index in [9.17, 15) is 4.79 Å². The van der Waals surface area contributed by atoms with Crippen molar-refractivity contribution in [1.82, 2.24) is 4.98 Å². The predicted molar refractivity (Wildman–Crippen MR) is 60.9 cm³/mol. The minimum Gasteiger partial charge on any atom is -0.384 e. The number of rotatable bonds is 2. The fraction of sp³-hybridized carbons (Fsp3) is 0.364. The minimum absolute atomic E-state index is 0.0217. The van der Waals surface area contributed by atoms with Crippen LogP contribution in [0.1, 0.15) is 19.3 Å². The van der Waals surface area contributed by atoms with Crippen LogP contribution in [-0.2, 0) is 4.79 Å². The summed E-state index contributed by atoms with van der Waals surface area (Å²) >= 11 is 0. The normalized spacial score (nSPS) is 20.1. The number of aromatic nitrogens is 1. The quantitative estimate of drug-likeness (QED) is 0.806. The van der Waals surface area contributed by atoms with Crippen LogP contribution in [0.5, 0.6) is 0 Å². The van der Waals surface area contributed by atoms with Gasteiger partial charge in [-0.15, -0.1) is 0 Å². The zero-order valence-corrected chi connectivity index (χ0v) is 8.76. The lowest BCUT2D eigenvalue weighted by molar-refractivity contribution is -0.116. The van der Waals surface area contributed by atoms with Crippen molar-refractivity contribution in [1.29, 1.82) is 0 Å². The highest BCUT2D eigenvalue weighted by molar-refractivity contribution is 6.14. The Morgan fingerprint density at radius 1 is 1.38 bits per heavy atom. The van der Waals surface area contributed by atoms with Gasteiger partial charge in [0.25, 0.3) is 5.91 Å². The molecule has 1 aliphatic heterocycles. The summed E-state index contributed by atoms with van der Waals surface area (Å²) in [5, 5.41) is 5.78. The first-order chi connectivity index (χ1) is 7.74. The molecule has 0 atom stereocenters. The number of hydrogen-bond acceptors (Lipinski definition) is 4. The van der Waals surface area contributed by atoms with Crippen LogP contribution < -0.4 is 10.7 Å². The fourth-order valence-corrected chi connectivity index (χ4v) is 1.82. The fourth-order valence-electron chi connectivity index (χ4n) is 1.82. The number of carbonyl (C=O) groups is 1. The van der Waals surface area contributed by atoms with Crippen molar-refractivity contribution in [2.45, 2.75) is 19.3 Å². The number of nitrogens with two attached hydrogens (primary N) is 1. The molecule has 0 saturated heterocycles. The van der Waals surface area contributed by atoms with E-state index < -0.39 is 0 Å². The molecule has 0 unspecified atom stereocenters. The molecule has 0 bridgehead atoms. The number of pyridine rings is 1. The zero-order valence-electron chi connectivity index (χ0n) is 8.76. The monoisotopic (exact) mass is 216 g/mol. The van der Waals surface area contributed by atoms with Crippen LogP contribution in [0.2, 0.25) is 0 Å². The first-order valence-electron chi connectivity index (χ1n) is 5.36. The third kappa shape index (κ3) is 1.54. The third-order valence-corrected chi connectivity index (χ3v) is 2.86. The molecule has 0 aromatic carbocycles. The summed E-state index contributed by atoms with van der Waals surface area (Å²) in [6.45, 7) is 0. The van der Waals surface area contributed by atoms with E-state index in [4.69, 9.17) is 5.73 Å². The number of nitrogens with zero attached hydrogens (tertiary/aromatic N) is 3. The van der Waals surface area contributed by atoms with Crippen LogP contribution in [0.25, 0.3) is 0 Å². The second-order valence-electron chi connectivity index (χ2n) is 4.19. The van der Waals surface area contributed by atoms with Gasteiger partial charge in [-0.05, 0) is 30.9 Å². The van der Waals surface area contributed by atoms with Crippen LogP contribution in [0, 0.1) is 5.92 Å². The maximum Gasteiger partial charge on any atom is 0.253 e. The van der Waals surface area contributed by atoms with Gasteiger partial charge in [0.1, 0.15) is 5.82 Å². The van der Waals surface area contributed by atoms with E-state index in [1.165, 1.54) is 17.9 Å². The lowest BCUT2D eigenvalue weighted by atomic mass is 10.2. The molecule has 1 aromatic heterocycles. The van der Waals surface area contributed by atoms with E-state index in [-0.39, 0.29) is 5.91 Å². The standard InChI is InChI=1S/C11H12N4O/c12-10-4-3-8(6-13-10)15-11(16)5-9(14-15)7-1-2-7/h3-4,6-7H,1-2,5H2,(H2,12,13). The SMILES string of the molecule is Nc1ccc(N2N=C(C3CC3)CC2=O)cn1. The highest BCUT2D eigenvalue weighted by atomic mass is 16.2. The Balaban J connectivity index is 1.88. The maximum absolute atomic E-state index is 11.8. The average molecular weight is 216 g/mol. The molecular weight excluding hydrogens is 204 g/mol. The Kier molecular flexibility index (Phi) is 1.92. The smallest absolute Gasteiger partial charge is 0.253 e. The second-order valence-corrected chi connectivity index (χ2v) is 4.19. The summed E-state index contributed by atoms with van der Waals surface area (Å²) in [6.07, 6.45) is 4.36. The van der Waals surface area contributed by atoms with Crippen LogP contribution >= 0.6 is 0 Å². The summed E-state index contributed by atoms with van der Waals surface area (Å²) in [5.41, 5.74) is 7.20. The molecular formula is C11H12N4O. The van der Waals surface area contributed by atoms with Crippen molar-refractivity contribution < 1.29 is 4.79 Å². The van der Waals surface area contributed by atoms with Crippen molar-refractivity contribution in [3.8, 4) is 0 Å². The summed E-state index contributed by atoms with van der Waals surface area (Å²) < 4.78 is 0. The Bertz CT molecular complexity index is 461. The van der Waals surface area contributed by atoms with E-state index in [0.717, 1.165) is 5.71 Å². The van der Waals surface area contributed by atoms with Crippen LogP contribution in [0.3, 0.4) is 0 Å². The van der Waals surface area contributed by atoms with Gasteiger partial charge in [0, 0.05) is 0 Å². The van der Waals surface area contributed by atoms with Crippen LogP contribution in [0.4, 0.5) is 11.5 Å². The van der Waals surface area contributed by atoms with E-state index in [1.807, 2.05) is 0 Å². The topological polar surface area (TPSA) is 71.6 Å². The molecule has 1 saturated carbocycles. The molecule has 2 heterocycles. The van der Waals surface area contributed by atoms with Crippen LogP contribution in [-0.4, -0.2) is 16.6 Å². The largest absolute Gasteiger partial charge is 0.384 e. The van der Waals surface area contributed by atoms with E-state index in [1.54, 1.807) is 18.3 Å². The second kappa shape index (κ2) is 3.30. The van der Waals surface area contributed by atoms with Gasteiger partial charge < -0.3 is 5.73 Å². The van der Waals surface area contributed by atoms with E-state index in [2.05, 4.69) is 10.1 Å². The van der Waals surface area contributed by atoms with Gasteiger partial charge in [-0.1, -0.05) is 0 Å². The number of hydrazone groups is 1. The third-order valence-electron chi connectivity index (χ3n) is 2.86. The predicted octanol–water partition coefficient (Wildman–Crippen LogP) is 1.17. The summed E-state index contributed by atoms with van der Waals surface area (Å²) in [4.78, 5) is 15.7. The number of anilines is 2. The molecule has 5 heteroatoms. The van der Waals surface area contributed by atoms with Crippen molar-refractivity contribution in [3.63, 3.8) is 0 Å². The van der Waals surface area contributed by atoms with Gasteiger partial charge in [-0.3, -0.25) is 4.79 Å². The summed E-state index contributed by atoms with van der Waals surface area (Å²) in [6, 6.07) is 3.44. The molecule has 16 heavy (non-hydrogen) atoms. The van der Waals surface area contributed by atoms with Gasteiger partial charge >= 0.3 is 0 Å². The Labute approximate surface area is 93.0 Å². The summed E-state index contributed by atoms with van der Waals surface area (Å²) in [7, 11) is 0. The maximum atomic E-state index is 11.8. The highest BCUT2D eigenvalue weighted by Gasteiger charge is 2.35. The van der Waals surface area contributed by atoms with E-state index in [0.29, 0.717) is 23.8 Å². The van der Waals surface area contributed by atoms with Crippen molar-refractivity contribution in [2.75, 3.05) is 10.7 Å². The van der Waals surface area contributed by atoms with Crippen LogP contribution in [0.15, 0.2) is 23.4 Å². The lowest BCUT2D eigenvalue weighted by Crippen LogP contribution is -2.19. The number of nitrogen functional groups attached to an aromatic ring is 1. The first-order valence-corrected chi connectivity index (χ1v) is 5.36. The van der Waals surface area contributed by atoms with Gasteiger partial charge in [0.2, 0.25) is 0 Å². The number of hydrogen-bond donors (Lipinski definition) is 1. The van der Waals surface area contributed by atoms with Gasteiger partial charge in [0.15, 0.2) is 0 Å². The minimum atomic E-state index is 0.0217. The van der Waals surface area contributed by atoms with Gasteiger partial charge in [0.05, 0.1) is 24.0 Å². The zero-order chi connectivity index (χ0) is 11.1. The molecule has 0 radical (unpaired) electrons. The van der Waals surface area contributed by atoms with Crippen molar-refractivity contribution >= 4 is 23.1 Å². The van der Waals surface area contributed by atoms with Crippen molar-refractivity contribution in [2.24, 2.45) is 11.0 Å². The Morgan fingerprint density at radius 3 is 2.81 bits per heavy atom. The number of amides is 1. The average Bonchev–Trinajstić information content (AvgIpc) is 3.04. The number of carbonyl (C=O) groups excluding carboxylic acids is 1. The molecule has 0 spiro atoms. The molecule has 3 rings (SSSR count). The van der Waals surface area contributed by atoms with Gasteiger partial charge in [-0.25, -0.2) is 4.98 Å². The molecule has 2 N–H and O–H groups in total. The first kappa shape index (κ1) is 9.33. The molecule has 1 fully saturated rings. The Hall–Kier alpha value is -1.91. The molecule has 1 aliphatic carbocycles. The molecule has 2 aliphatic rings. The van der Waals surface area contributed by atoms with Crippen molar-refractivity contribution in [3.05, 3.63) is 18.3 Å². The lowest BCUT2D eigenvalue weighted by Gasteiger charge is -2.10. The molecule has 1 aromatic rings. The van der Waals surface area contributed by atoms with E-state index >= 15 is 0 Å². The molecule has 5 nitrogen and oxygen atoms in total. The summed E-state index contributed by atoms with van der Waals surface area (Å²) in [5.74, 6) is 1.01. The highest BCUT2D eigenvalue weighted by Crippen LogP contribution is 2.35. The van der Waals surface area contributed by atoms with Gasteiger partial charge in [-0.2, -0.15) is 10.1 Å². The molecule has 1 amide bonds. The Morgan fingerprint density at radius 2 is 2.19 bits per heavy atom. The molecule has 82 valence electrons.